The lowest BCUT2D eigenvalue weighted by atomic mass is 9.82. The van der Waals surface area contributed by atoms with Gasteiger partial charge in [0.2, 0.25) is 5.24 Å². The molecule has 1 rings (SSSR count). The van der Waals surface area contributed by atoms with Crippen molar-refractivity contribution in [3.05, 3.63) is 11.6 Å². The van der Waals surface area contributed by atoms with Crippen LogP contribution in [0, 0.1) is 11.8 Å². The van der Waals surface area contributed by atoms with Gasteiger partial charge in [-0.1, -0.05) is 18.6 Å². The fourth-order valence-electron chi connectivity index (χ4n) is 1.61. The van der Waals surface area contributed by atoms with Crippen LogP contribution >= 0.6 is 11.6 Å². The second-order valence-electron chi connectivity index (χ2n) is 3.38. The first-order valence-electron chi connectivity index (χ1n) is 3.96. The number of carbonyl (C=O) groups excluding carboxylic acids is 1. The molecule has 0 amide bonds. The Balaban J connectivity index is 2.65. The van der Waals surface area contributed by atoms with Crippen molar-refractivity contribution in [2.24, 2.45) is 11.8 Å². The van der Waals surface area contributed by atoms with E-state index in [4.69, 9.17) is 11.6 Å². The Kier molecular flexibility index (Phi) is 2.72. The maximum absolute atomic E-state index is 10.9. The van der Waals surface area contributed by atoms with E-state index in [1.807, 2.05) is 0 Å². The highest BCUT2D eigenvalue weighted by Crippen LogP contribution is 2.30. The predicted molar refractivity (Wildman–Crippen MR) is 46.5 cm³/mol. The van der Waals surface area contributed by atoms with Crippen LogP contribution in [-0.2, 0) is 4.79 Å². The van der Waals surface area contributed by atoms with E-state index in [-0.39, 0.29) is 11.2 Å². The minimum Gasteiger partial charge on any atom is -0.281 e. The number of hydrogen-bond donors (Lipinski definition) is 0. The second-order valence-corrected chi connectivity index (χ2v) is 3.75. The Morgan fingerprint density at radius 2 is 2.36 bits per heavy atom. The van der Waals surface area contributed by atoms with E-state index in [2.05, 4.69) is 19.9 Å². The summed E-state index contributed by atoms with van der Waals surface area (Å²) < 4.78 is 0. The number of halogens is 1. The van der Waals surface area contributed by atoms with Crippen LogP contribution in [0.25, 0.3) is 0 Å². The van der Waals surface area contributed by atoms with Crippen molar-refractivity contribution in [3.63, 3.8) is 0 Å². The van der Waals surface area contributed by atoms with E-state index in [1.54, 1.807) is 0 Å². The predicted octanol–water partition coefficient (Wildman–Crippen LogP) is 2.74. The van der Waals surface area contributed by atoms with Crippen LogP contribution in [0.2, 0.25) is 0 Å². The standard InChI is InChI=1S/C9H13ClO/c1-6-3-4-8(9(10)11)7(2)5-6/h3,7-8H,4-5H2,1-2H3. The summed E-state index contributed by atoms with van der Waals surface area (Å²) in [5, 5.41) is -0.179. The third-order valence-corrected chi connectivity index (χ3v) is 2.62. The van der Waals surface area contributed by atoms with E-state index in [1.165, 1.54) is 5.57 Å². The molecule has 62 valence electrons. The molecule has 1 nitrogen and oxygen atoms in total. The highest BCUT2D eigenvalue weighted by Gasteiger charge is 2.25. The fourth-order valence-corrected chi connectivity index (χ4v) is 1.91. The molecule has 1 aliphatic carbocycles. The Bertz CT molecular complexity index is 196. The van der Waals surface area contributed by atoms with Gasteiger partial charge in [-0.25, -0.2) is 0 Å². The first-order chi connectivity index (χ1) is 5.11. The zero-order chi connectivity index (χ0) is 8.43. The van der Waals surface area contributed by atoms with E-state index in [9.17, 15) is 4.79 Å². The Hall–Kier alpha value is -0.300. The molecule has 0 aliphatic heterocycles. The number of carbonyl (C=O) groups is 1. The molecule has 0 N–H and O–H groups in total. The van der Waals surface area contributed by atoms with Crippen LogP contribution in [0.4, 0.5) is 0 Å². The minimum absolute atomic E-state index is 0.0559. The van der Waals surface area contributed by atoms with Crippen molar-refractivity contribution in [2.45, 2.75) is 26.7 Å². The first-order valence-corrected chi connectivity index (χ1v) is 4.34. The van der Waals surface area contributed by atoms with Crippen LogP contribution in [0.3, 0.4) is 0 Å². The quantitative estimate of drug-likeness (QED) is 0.439. The summed E-state index contributed by atoms with van der Waals surface area (Å²) in [6.45, 7) is 4.19. The van der Waals surface area contributed by atoms with Gasteiger partial charge in [0.15, 0.2) is 0 Å². The third kappa shape index (κ3) is 2.06. The van der Waals surface area contributed by atoms with Gasteiger partial charge in [0.25, 0.3) is 0 Å². The third-order valence-electron chi connectivity index (χ3n) is 2.34. The van der Waals surface area contributed by atoms with Crippen molar-refractivity contribution < 1.29 is 4.79 Å². The summed E-state index contributed by atoms with van der Waals surface area (Å²) in [7, 11) is 0. The van der Waals surface area contributed by atoms with Gasteiger partial charge in [0.05, 0.1) is 0 Å². The van der Waals surface area contributed by atoms with Crippen LogP contribution in [-0.4, -0.2) is 5.24 Å². The topological polar surface area (TPSA) is 17.1 Å². The largest absolute Gasteiger partial charge is 0.281 e. The summed E-state index contributed by atoms with van der Waals surface area (Å²) in [6.07, 6.45) is 3.96. The zero-order valence-electron chi connectivity index (χ0n) is 6.93. The van der Waals surface area contributed by atoms with Crippen LogP contribution in [0.1, 0.15) is 26.7 Å². The number of hydrogen-bond acceptors (Lipinski definition) is 1. The molecule has 0 radical (unpaired) electrons. The summed E-state index contributed by atoms with van der Waals surface area (Å²) >= 11 is 5.43. The molecule has 0 aromatic carbocycles. The molecule has 0 fully saturated rings. The maximum atomic E-state index is 10.9. The van der Waals surface area contributed by atoms with Gasteiger partial charge in [-0.15, -0.1) is 0 Å². The molecule has 0 saturated carbocycles. The highest BCUT2D eigenvalue weighted by molar-refractivity contribution is 6.64. The van der Waals surface area contributed by atoms with Crippen molar-refractivity contribution in [2.75, 3.05) is 0 Å². The molecule has 0 aromatic heterocycles. The fraction of sp³-hybridized carbons (Fsp3) is 0.667. The van der Waals surface area contributed by atoms with E-state index < -0.39 is 0 Å². The lowest BCUT2D eigenvalue weighted by Crippen LogP contribution is -2.20. The lowest BCUT2D eigenvalue weighted by Gasteiger charge is -2.24. The molecule has 11 heavy (non-hydrogen) atoms. The molecule has 0 bridgehead atoms. The molecule has 0 saturated heterocycles. The monoisotopic (exact) mass is 172 g/mol. The summed E-state index contributed by atoms with van der Waals surface area (Å²) in [4.78, 5) is 10.9. The minimum atomic E-state index is -0.179. The molecule has 1 aliphatic rings. The van der Waals surface area contributed by atoms with Crippen molar-refractivity contribution in [1.82, 2.24) is 0 Å². The molecular formula is C9H13ClO. The van der Waals surface area contributed by atoms with Crippen LogP contribution < -0.4 is 0 Å². The van der Waals surface area contributed by atoms with E-state index >= 15 is 0 Å². The van der Waals surface area contributed by atoms with Gasteiger partial charge >= 0.3 is 0 Å². The van der Waals surface area contributed by atoms with Gasteiger partial charge in [0.1, 0.15) is 0 Å². The molecular weight excluding hydrogens is 160 g/mol. The summed E-state index contributed by atoms with van der Waals surface area (Å²) in [6, 6.07) is 0. The number of allylic oxidation sites excluding steroid dienone is 2. The number of rotatable bonds is 1. The summed E-state index contributed by atoms with van der Waals surface area (Å²) in [5.41, 5.74) is 1.38. The first kappa shape index (κ1) is 8.79. The average Bonchev–Trinajstić information content (AvgIpc) is 1.85. The van der Waals surface area contributed by atoms with Gasteiger partial charge in [0, 0.05) is 5.92 Å². The molecule has 0 heterocycles. The highest BCUT2D eigenvalue weighted by atomic mass is 35.5. The van der Waals surface area contributed by atoms with Crippen LogP contribution in [0.5, 0.6) is 0 Å². The van der Waals surface area contributed by atoms with Crippen molar-refractivity contribution >= 4 is 16.8 Å². The Morgan fingerprint density at radius 1 is 1.73 bits per heavy atom. The molecule has 0 spiro atoms. The average molecular weight is 173 g/mol. The van der Waals surface area contributed by atoms with E-state index in [0.29, 0.717) is 5.92 Å². The normalized spacial score (nSPS) is 31.4. The summed E-state index contributed by atoms with van der Waals surface area (Å²) in [5.74, 6) is 0.477. The smallest absolute Gasteiger partial charge is 0.225 e. The van der Waals surface area contributed by atoms with Crippen LogP contribution in [0.15, 0.2) is 11.6 Å². The van der Waals surface area contributed by atoms with Crippen molar-refractivity contribution in [1.29, 1.82) is 0 Å². The van der Waals surface area contributed by atoms with Gasteiger partial charge in [-0.05, 0) is 37.3 Å². The van der Waals surface area contributed by atoms with E-state index in [0.717, 1.165) is 12.8 Å². The Labute approximate surface area is 72.4 Å². The maximum Gasteiger partial charge on any atom is 0.225 e. The van der Waals surface area contributed by atoms with Gasteiger partial charge in [-0.2, -0.15) is 0 Å². The SMILES string of the molecule is CC1=CCC(C(=O)Cl)C(C)C1. The Morgan fingerprint density at radius 3 is 2.82 bits per heavy atom. The van der Waals surface area contributed by atoms with Gasteiger partial charge < -0.3 is 0 Å². The zero-order valence-corrected chi connectivity index (χ0v) is 7.69. The molecule has 2 unspecified atom stereocenters. The molecule has 2 heteroatoms. The lowest BCUT2D eigenvalue weighted by molar-refractivity contribution is -0.116. The second kappa shape index (κ2) is 3.40. The molecule has 0 aromatic rings. The molecule has 2 atom stereocenters. The van der Waals surface area contributed by atoms with Crippen molar-refractivity contribution in [3.8, 4) is 0 Å². The van der Waals surface area contributed by atoms with Gasteiger partial charge in [-0.3, -0.25) is 4.79 Å².